The van der Waals surface area contributed by atoms with Gasteiger partial charge in [-0.15, -0.1) is 0 Å². The van der Waals surface area contributed by atoms with E-state index in [4.69, 9.17) is 9.47 Å². The first-order valence-electron chi connectivity index (χ1n) is 8.54. The molecule has 7 nitrogen and oxygen atoms in total. The van der Waals surface area contributed by atoms with Gasteiger partial charge in [-0.25, -0.2) is 4.79 Å². The van der Waals surface area contributed by atoms with Crippen molar-refractivity contribution in [2.75, 3.05) is 43.1 Å². The van der Waals surface area contributed by atoms with E-state index in [0.29, 0.717) is 26.2 Å². The molecule has 0 saturated carbocycles. The van der Waals surface area contributed by atoms with Crippen LogP contribution < -0.4 is 10.2 Å². The fourth-order valence-corrected chi connectivity index (χ4v) is 2.81. The van der Waals surface area contributed by atoms with Crippen molar-refractivity contribution in [3.63, 3.8) is 0 Å². The second kappa shape index (κ2) is 6.92. The van der Waals surface area contributed by atoms with E-state index in [1.54, 1.807) is 9.80 Å². The predicted molar refractivity (Wildman–Crippen MR) is 94.8 cm³/mol. The lowest BCUT2D eigenvalue weighted by Crippen LogP contribution is -2.57. The zero-order valence-electron chi connectivity index (χ0n) is 14.9. The summed E-state index contributed by atoms with van der Waals surface area (Å²) < 4.78 is 10.5. The molecule has 1 N–H and O–H groups in total. The third-order valence-corrected chi connectivity index (χ3v) is 4.07. The first kappa shape index (κ1) is 17.5. The van der Waals surface area contributed by atoms with E-state index in [9.17, 15) is 9.59 Å². The minimum Gasteiger partial charge on any atom is -0.444 e. The summed E-state index contributed by atoms with van der Waals surface area (Å²) in [7, 11) is 0. The summed E-state index contributed by atoms with van der Waals surface area (Å²) in [5.41, 5.74) is 1.38. The van der Waals surface area contributed by atoms with Gasteiger partial charge in [-0.3, -0.25) is 4.79 Å². The number of carbonyl (C=O) groups is 2. The lowest BCUT2D eigenvalue weighted by atomic mass is 10.1. The molecule has 2 aliphatic rings. The van der Waals surface area contributed by atoms with Gasteiger partial charge in [-0.05, 0) is 45.0 Å². The molecule has 136 valence electrons. The van der Waals surface area contributed by atoms with Crippen LogP contribution in [0.4, 0.5) is 16.2 Å². The first-order chi connectivity index (χ1) is 11.8. The van der Waals surface area contributed by atoms with Crippen LogP contribution in [-0.2, 0) is 14.3 Å². The zero-order chi connectivity index (χ0) is 18.0. The van der Waals surface area contributed by atoms with Gasteiger partial charge >= 0.3 is 6.09 Å². The molecule has 7 heteroatoms. The highest BCUT2D eigenvalue weighted by Gasteiger charge is 2.33. The van der Waals surface area contributed by atoms with Crippen molar-refractivity contribution in [3.8, 4) is 0 Å². The van der Waals surface area contributed by atoms with Crippen LogP contribution in [0.5, 0.6) is 0 Å². The van der Waals surface area contributed by atoms with Crippen LogP contribution >= 0.6 is 0 Å². The largest absolute Gasteiger partial charge is 0.444 e. The Morgan fingerprint density at radius 3 is 2.52 bits per heavy atom. The maximum absolute atomic E-state index is 11.9. The summed E-state index contributed by atoms with van der Waals surface area (Å²) >= 11 is 0. The maximum atomic E-state index is 11.9. The molecule has 25 heavy (non-hydrogen) atoms. The van der Waals surface area contributed by atoms with Crippen LogP contribution in [0.1, 0.15) is 20.8 Å². The molecule has 0 aromatic heterocycles. The molecular formula is C18H25N3O4. The number of ether oxygens (including phenoxy) is 2. The molecule has 2 fully saturated rings. The summed E-state index contributed by atoms with van der Waals surface area (Å²) in [6.07, 6.45) is -0.272. The molecule has 2 aliphatic heterocycles. The Hall–Kier alpha value is -2.28. The van der Waals surface area contributed by atoms with Crippen LogP contribution in [0, 0.1) is 0 Å². The molecule has 1 aromatic carbocycles. The Kier molecular flexibility index (Phi) is 4.85. The SMILES string of the molecule is CC(C)(C)OC(=O)N1CC(Nc2ccc(N3CCOCC3=O)cc2)C1. The maximum Gasteiger partial charge on any atom is 0.410 e. The van der Waals surface area contributed by atoms with Crippen molar-refractivity contribution in [1.29, 1.82) is 0 Å². The van der Waals surface area contributed by atoms with Gasteiger partial charge in [0.15, 0.2) is 0 Å². The van der Waals surface area contributed by atoms with Crippen molar-refractivity contribution in [2.24, 2.45) is 0 Å². The molecule has 0 radical (unpaired) electrons. The minimum absolute atomic E-state index is 0.0149. The van der Waals surface area contributed by atoms with E-state index in [-0.39, 0.29) is 24.6 Å². The minimum atomic E-state index is -0.470. The highest BCUT2D eigenvalue weighted by molar-refractivity contribution is 5.95. The Bertz CT molecular complexity index is 633. The van der Waals surface area contributed by atoms with Crippen LogP contribution in [0.25, 0.3) is 0 Å². The first-order valence-corrected chi connectivity index (χ1v) is 8.54. The summed E-state index contributed by atoms with van der Waals surface area (Å²) in [6.45, 7) is 8.12. The molecule has 0 aliphatic carbocycles. The van der Waals surface area contributed by atoms with Gasteiger partial charge in [-0.1, -0.05) is 0 Å². The number of hydrogen-bond donors (Lipinski definition) is 1. The number of anilines is 2. The quantitative estimate of drug-likeness (QED) is 0.906. The topological polar surface area (TPSA) is 71.1 Å². The number of likely N-dealkylation sites (tertiary alicyclic amines) is 1. The second-order valence-corrected chi connectivity index (χ2v) is 7.37. The lowest BCUT2D eigenvalue weighted by Gasteiger charge is -2.40. The normalized spacial score (nSPS) is 18.8. The summed E-state index contributed by atoms with van der Waals surface area (Å²) in [6, 6.07) is 7.97. The van der Waals surface area contributed by atoms with Crippen molar-refractivity contribution >= 4 is 23.4 Å². The fraction of sp³-hybridized carbons (Fsp3) is 0.556. The van der Waals surface area contributed by atoms with E-state index < -0.39 is 5.60 Å². The van der Waals surface area contributed by atoms with E-state index in [1.165, 1.54) is 0 Å². The summed E-state index contributed by atoms with van der Waals surface area (Å²) in [5, 5.41) is 3.39. The predicted octanol–water partition coefficient (Wildman–Crippen LogP) is 2.08. The molecule has 1 aromatic rings. The Morgan fingerprint density at radius 2 is 1.92 bits per heavy atom. The smallest absolute Gasteiger partial charge is 0.410 e. The van der Waals surface area contributed by atoms with Gasteiger partial charge in [0.2, 0.25) is 0 Å². The highest BCUT2D eigenvalue weighted by Crippen LogP contribution is 2.22. The Labute approximate surface area is 147 Å². The van der Waals surface area contributed by atoms with Crippen LogP contribution in [0.3, 0.4) is 0 Å². The lowest BCUT2D eigenvalue weighted by molar-refractivity contribution is -0.125. The second-order valence-electron chi connectivity index (χ2n) is 7.37. The number of carbonyl (C=O) groups excluding carboxylic acids is 2. The average molecular weight is 347 g/mol. The number of hydrogen-bond acceptors (Lipinski definition) is 5. The molecule has 0 unspecified atom stereocenters. The molecule has 0 spiro atoms. The Morgan fingerprint density at radius 1 is 1.24 bits per heavy atom. The molecular weight excluding hydrogens is 322 g/mol. The standard InChI is InChI=1S/C18H25N3O4/c1-18(2,3)25-17(23)20-10-14(11-20)19-13-4-6-15(7-5-13)21-8-9-24-12-16(21)22/h4-7,14,19H,8-12H2,1-3H3. The van der Waals surface area contributed by atoms with Crippen molar-refractivity contribution < 1.29 is 19.1 Å². The van der Waals surface area contributed by atoms with Crippen molar-refractivity contribution in [2.45, 2.75) is 32.4 Å². The number of nitrogens with one attached hydrogen (secondary N) is 1. The van der Waals surface area contributed by atoms with Crippen molar-refractivity contribution in [1.82, 2.24) is 4.90 Å². The monoisotopic (exact) mass is 347 g/mol. The molecule has 3 rings (SSSR count). The van der Waals surface area contributed by atoms with E-state index >= 15 is 0 Å². The third-order valence-electron chi connectivity index (χ3n) is 4.07. The van der Waals surface area contributed by atoms with Gasteiger partial charge in [0.25, 0.3) is 5.91 Å². The van der Waals surface area contributed by atoms with Crippen LogP contribution in [-0.4, -0.2) is 61.4 Å². The average Bonchev–Trinajstić information content (AvgIpc) is 2.50. The number of amides is 2. The van der Waals surface area contributed by atoms with E-state index in [2.05, 4.69) is 5.32 Å². The number of rotatable bonds is 3. The highest BCUT2D eigenvalue weighted by atomic mass is 16.6. The van der Waals surface area contributed by atoms with Gasteiger partial charge in [-0.2, -0.15) is 0 Å². The van der Waals surface area contributed by atoms with Crippen LogP contribution in [0.2, 0.25) is 0 Å². The molecule has 2 saturated heterocycles. The molecule has 2 heterocycles. The third kappa shape index (κ3) is 4.42. The number of nitrogens with zero attached hydrogens (tertiary/aromatic N) is 2. The molecule has 0 atom stereocenters. The fourth-order valence-electron chi connectivity index (χ4n) is 2.81. The van der Waals surface area contributed by atoms with Gasteiger partial charge < -0.3 is 24.6 Å². The van der Waals surface area contributed by atoms with Gasteiger partial charge in [0.1, 0.15) is 12.2 Å². The van der Waals surface area contributed by atoms with E-state index in [0.717, 1.165) is 11.4 Å². The van der Waals surface area contributed by atoms with E-state index in [1.807, 2.05) is 45.0 Å². The zero-order valence-corrected chi connectivity index (χ0v) is 14.9. The molecule has 0 bridgehead atoms. The van der Waals surface area contributed by atoms with Crippen LogP contribution in [0.15, 0.2) is 24.3 Å². The number of morpholine rings is 1. The Balaban J connectivity index is 1.49. The summed E-state index contributed by atoms with van der Waals surface area (Å²) in [5.74, 6) is -0.0149. The van der Waals surface area contributed by atoms with Gasteiger partial charge in [0.05, 0.1) is 12.6 Å². The van der Waals surface area contributed by atoms with Crippen molar-refractivity contribution in [3.05, 3.63) is 24.3 Å². The van der Waals surface area contributed by atoms with Gasteiger partial charge in [0, 0.05) is 31.0 Å². The molecule has 2 amide bonds. The summed E-state index contributed by atoms with van der Waals surface area (Å²) in [4.78, 5) is 27.2. The number of benzene rings is 1.